The predicted octanol–water partition coefficient (Wildman–Crippen LogP) is 13.0. The fourth-order valence-electron chi connectivity index (χ4n) is 5.82. The molecule has 7 nitrogen and oxygen atoms in total. The number of benzene rings is 6. The summed E-state index contributed by atoms with van der Waals surface area (Å²) in [6.07, 6.45) is 5.53. The number of H-pyrrole nitrogens is 3. The first kappa shape index (κ1) is 37.9. The summed E-state index contributed by atoms with van der Waals surface area (Å²) in [6, 6.07) is 54.1. The number of aromatic nitrogens is 6. The number of nitrogens with one attached hydrogen (secondary N) is 3. The lowest BCUT2D eigenvalue weighted by molar-refractivity contribution is 0.101. The Hall–Kier alpha value is -6.42. The SMILES string of the molecule is Brc1ccc(-c2cnc(-c3ccccc3)[nH]2)cc1.Brc1cccc(-c2cnc(-c3ccccc3)[nH]2)c1.CC(=O)c1cccc(-c2cnc(-c3ccccc3)[nH]2)c1. The Labute approximate surface area is 342 Å². The number of carbonyl (C=O) groups is 1. The van der Waals surface area contributed by atoms with Crippen LogP contribution in [-0.4, -0.2) is 35.7 Å². The van der Waals surface area contributed by atoms with E-state index >= 15 is 0 Å². The van der Waals surface area contributed by atoms with Gasteiger partial charge in [0.05, 0.1) is 35.7 Å². The average molecular weight is 861 g/mol. The fourth-order valence-corrected chi connectivity index (χ4v) is 6.49. The minimum absolute atomic E-state index is 0.0645. The van der Waals surface area contributed by atoms with Crippen LogP contribution in [0.15, 0.2) is 191 Å². The van der Waals surface area contributed by atoms with Crippen molar-refractivity contribution in [2.45, 2.75) is 6.92 Å². The molecule has 274 valence electrons. The van der Waals surface area contributed by atoms with Gasteiger partial charge in [-0.1, -0.05) is 165 Å². The van der Waals surface area contributed by atoms with E-state index in [-0.39, 0.29) is 5.78 Å². The van der Waals surface area contributed by atoms with Crippen LogP contribution >= 0.6 is 31.9 Å². The molecule has 9 aromatic rings. The molecule has 9 heteroatoms. The van der Waals surface area contributed by atoms with Gasteiger partial charge in [-0.3, -0.25) is 4.79 Å². The third kappa shape index (κ3) is 9.81. The van der Waals surface area contributed by atoms with Crippen LogP contribution in [0.25, 0.3) is 67.9 Å². The molecule has 9 rings (SSSR count). The van der Waals surface area contributed by atoms with Crippen LogP contribution in [0.1, 0.15) is 17.3 Å². The summed E-state index contributed by atoms with van der Waals surface area (Å²) in [5.74, 6) is 2.68. The lowest BCUT2D eigenvalue weighted by Crippen LogP contribution is -1.91. The van der Waals surface area contributed by atoms with Gasteiger partial charge in [-0.15, -0.1) is 0 Å². The molecule has 3 N–H and O–H groups in total. The molecule has 56 heavy (non-hydrogen) atoms. The molecule has 0 aliphatic rings. The largest absolute Gasteiger partial charge is 0.338 e. The van der Waals surface area contributed by atoms with Crippen molar-refractivity contribution in [1.29, 1.82) is 0 Å². The molecule has 0 radical (unpaired) electrons. The second-order valence-corrected chi connectivity index (χ2v) is 14.5. The van der Waals surface area contributed by atoms with E-state index in [1.165, 1.54) is 0 Å². The van der Waals surface area contributed by atoms with Gasteiger partial charge in [0, 0.05) is 42.3 Å². The second-order valence-electron chi connectivity index (χ2n) is 12.7. The van der Waals surface area contributed by atoms with Crippen LogP contribution in [0.5, 0.6) is 0 Å². The fraction of sp³-hybridized carbons (Fsp3) is 0.0213. The summed E-state index contributed by atoms with van der Waals surface area (Å²) in [5, 5.41) is 0. The maximum atomic E-state index is 11.4. The molecule has 0 saturated carbocycles. The van der Waals surface area contributed by atoms with Gasteiger partial charge in [-0.05, 0) is 42.8 Å². The first-order valence-corrected chi connectivity index (χ1v) is 19.4. The number of aromatic amines is 3. The summed E-state index contributed by atoms with van der Waals surface area (Å²) in [6.45, 7) is 1.57. The van der Waals surface area contributed by atoms with Crippen LogP contribution < -0.4 is 0 Å². The highest BCUT2D eigenvalue weighted by Gasteiger charge is 2.08. The van der Waals surface area contributed by atoms with Crippen LogP contribution in [-0.2, 0) is 0 Å². The van der Waals surface area contributed by atoms with Gasteiger partial charge in [0.1, 0.15) is 17.5 Å². The standard InChI is InChI=1S/C17H14N2O.2C15H11BrN2/c1-12(20)14-8-5-9-15(10-14)16-11-18-17(19-16)13-6-3-2-4-7-13;16-13-8-4-7-12(9-13)14-10-17-15(18-14)11-5-2-1-3-6-11;16-13-8-6-11(7-9-13)14-10-17-15(18-14)12-4-2-1-3-5-12/h2-11H,1H3,(H,18,19);2*1-10H,(H,17,18). The molecule has 0 saturated heterocycles. The minimum atomic E-state index is 0.0645. The number of halogens is 2. The Morgan fingerprint density at radius 2 is 0.804 bits per heavy atom. The molecule has 0 amide bonds. The van der Waals surface area contributed by atoms with Gasteiger partial charge in [-0.25, -0.2) is 15.0 Å². The zero-order valence-electron chi connectivity index (χ0n) is 30.3. The van der Waals surface area contributed by atoms with Gasteiger partial charge in [-0.2, -0.15) is 0 Å². The number of Topliss-reactive ketones (excluding diaryl/α,β-unsaturated/α-hetero) is 1. The summed E-state index contributed by atoms with van der Waals surface area (Å²) < 4.78 is 2.14. The zero-order valence-corrected chi connectivity index (χ0v) is 33.5. The number of hydrogen-bond acceptors (Lipinski definition) is 4. The Morgan fingerprint density at radius 3 is 1.23 bits per heavy atom. The minimum Gasteiger partial charge on any atom is -0.338 e. The van der Waals surface area contributed by atoms with Crippen molar-refractivity contribution in [2.24, 2.45) is 0 Å². The Balaban J connectivity index is 0.000000129. The Kier molecular flexibility index (Phi) is 12.4. The lowest BCUT2D eigenvalue weighted by Gasteiger charge is -2.00. The van der Waals surface area contributed by atoms with Crippen molar-refractivity contribution < 1.29 is 4.79 Å². The van der Waals surface area contributed by atoms with E-state index in [1.807, 2.05) is 152 Å². The molecule has 0 atom stereocenters. The molecule has 0 spiro atoms. The van der Waals surface area contributed by atoms with Gasteiger partial charge < -0.3 is 15.0 Å². The molecule has 0 fully saturated rings. The monoisotopic (exact) mass is 858 g/mol. The Bertz CT molecular complexity index is 2630. The summed E-state index contributed by atoms with van der Waals surface area (Å²) >= 11 is 6.91. The van der Waals surface area contributed by atoms with Crippen molar-refractivity contribution in [2.75, 3.05) is 0 Å². The van der Waals surface area contributed by atoms with E-state index in [0.29, 0.717) is 5.56 Å². The van der Waals surface area contributed by atoms with Crippen molar-refractivity contribution in [3.8, 4) is 67.9 Å². The topological polar surface area (TPSA) is 103 Å². The number of imidazole rings is 3. The van der Waals surface area contributed by atoms with E-state index in [2.05, 4.69) is 86.0 Å². The van der Waals surface area contributed by atoms with Crippen molar-refractivity contribution in [3.63, 3.8) is 0 Å². The lowest BCUT2D eigenvalue weighted by atomic mass is 10.1. The molecule has 0 aliphatic carbocycles. The summed E-state index contributed by atoms with van der Waals surface area (Å²) in [4.78, 5) is 34.6. The number of rotatable bonds is 7. The number of carbonyl (C=O) groups excluding carboxylic acids is 1. The van der Waals surface area contributed by atoms with E-state index in [9.17, 15) is 4.79 Å². The molecular weight excluding hydrogens is 824 g/mol. The molecule has 0 aliphatic heterocycles. The van der Waals surface area contributed by atoms with Gasteiger partial charge >= 0.3 is 0 Å². The quantitative estimate of drug-likeness (QED) is 0.139. The van der Waals surface area contributed by atoms with Crippen molar-refractivity contribution in [1.82, 2.24) is 29.9 Å². The van der Waals surface area contributed by atoms with Gasteiger partial charge in [0.15, 0.2) is 5.78 Å². The first-order chi connectivity index (χ1) is 27.4. The molecular formula is C47H36Br2N6O. The highest BCUT2D eigenvalue weighted by Crippen LogP contribution is 2.26. The van der Waals surface area contributed by atoms with Crippen LogP contribution in [0.2, 0.25) is 0 Å². The average Bonchev–Trinajstić information content (AvgIpc) is 4.06. The van der Waals surface area contributed by atoms with Crippen LogP contribution in [0.4, 0.5) is 0 Å². The molecule has 6 aromatic carbocycles. The highest BCUT2D eigenvalue weighted by molar-refractivity contribution is 9.10. The maximum Gasteiger partial charge on any atom is 0.159 e. The molecule has 0 bridgehead atoms. The summed E-state index contributed by atoms with van der Waals surface area (Å²) in [7, 11) is 0. The van der Waals surface area contributed by atoms with Crippen molar-refractivity contribution in [3.05, 3.63) is 197 Å². The van der Waals surface area contributed by atoms with E-state index in [1.54, 1.807) is 13.1 Å². The normalized spacial score (nSPS) is 10.5. The predicted molar refractivity (Wildman–Crippen MR) is 234 cm³/mol. The van der Waals surface area contributed by atoms with Crippen LogP contribution in [0.3, 0.4) is 0 Å². The number of ketones is 1. The second kappa shape index (κ2) is 18.3. The third-order valence-corrected chi connectivity index (χ3v) is 9.76. The number of hydrogen-bond donors (Lipinski definition) is 3. The van der Waals surface area contributed by atoms with E-state index in [4.69, 9.17) is 0 Å². The first-order valence-electron chi connectivity index (χ1n) is 17.8. The smallest absolute Gasteiger partial charge is 0.159 e. The molecule has 3 heterocycles. The van der Waals surface area contributed by atoms with Gasteiger partial charge in [0.2, 0.25) is 0 Å². The third-order valence-electron chi connectivity index (χ3n) is 8.74. The van der Waals surface area contributed by atoms with E-state index < -0.39 is 0 Å². The van der Waals surface area contributed by atoms with Crippen LogP contribution in [0, 0.1) is 0 Å². The van der Waals surface area contributed by atoms with E-state index in [0.717, 1.165) is 76.9 Å². The highest BCUT2D eigenvalue weighted by atomic mass is 79.9. The molecule has 3 aromatic heterocycles. The summed E-state index contributed by atoms with van der Waals surface area (Å²) in [5.41, 5.74) is 10.1. The zero-order chi connectivity index (χ0) is 38.7. The molecule has 0 unspecified atom stereocenters. The van der Waals surface area contributed by atoms with Gasteiger partial charge in [0.25, 0.3) is 0 Å². The maximum absolute atomic E-state index is 11.4. The van der Waals surface area contributed by atoms with Crippen molar-refractivity contribution >= 4 is 37.6 Å². The number of nitrogens with zero attached hydrogens (tertiary/aromatic N) is 3. The Morgan fingerprint density at radius 1 is 0.411 bits per heavy atom.